The van der Waals surface area contributed by atoms with Crippen LogP contribution < -0.4 is 16.1 Å². The number of hydrogen-bond acceptors (Lipinski definition) is 8. The molecular weight excluding hydrogens is 576 g/mol. The molecule has 1 aromatic carbocycles. The Morgan fingerprint density at radius 1 is 1.11 bits per heavy atom. The van der Waals surface area contributed by atoms with Gasteiger partial charge in [-0.3, -0.25) is 24.2 Å². The van der Waals surface area contributed by atoms with Crippen LogP contribution >= 0.6 is 0 Å². The molecule has 13 heteroatoms. The van der Waals surface area contributed by atoms with Crippen molar-refractivity contribution in [3.8, 4) is 0 Å². The average Bonchev–Trinajstić information content (AvgIpc) is 2.99. The predicted octanol–water partition coefficient (Wildman–Crippen LogP) is 3.25. The number of cyclic esters (lactones) is 1. The molecule has 4 rings (SSSR count). The molecule has 1 saturated heterocycles. The van der Waals surface area contributed by atoms with Crippen LogP contribution in [0.25, 0.3) is 17.0 Å². The van der Waals surface area contributed by atoms with Crippen molar-refractivity contribution in [2.75, 3.05) is 13.2 Å². The smallest absolute Gasteiger partial charge is 0.345 e. The van der Waals surface area contributed by atoms with Gasteiger partial charge in [0.1, 0.15) is 24.2 Å². The highest BCUT2D eigenvalue weighted by Gasteiger charge is 2.37. The van der Waals surface area contributed by atoms with Crippen LogP contribution in [0.3, 0.4) is 0 Å². The number of alkyl halides is 2. The molecule has 0 aliphatic carbocycles. The Balaban J connectivity index is 1.72. The first kappa shape index (κ1) is 32.9. The predicted molar refractivity (Wildman–Crippen MR) is 158 cm³/mol. The maximum atomic E-state index is 13.5. The highest BCUT2D eigenvalue weighted by atomic mass is 19.3. The number of aromatic nitrogens is 1. The topological polar surface area (TPSA) is 139 Å². The molecule has 1 fully saturated rings. The van der Waals surface area contributed by atoms with Gasteiger partial charge in [0.05, 0.1) is 23.2 Å². The standard InChI is InChI=1S/C31H39F2N5O6/c1-17(2)25-26(39)35-24(16-43-30(32)33)27(40)38-14-6-7-22(37-38)28(41)44-18(3)21-11-10-20-9-8-19(15-23(20)34-21)12-13-31(4,5)29(42)36-25/h8-13,15,17-18,22,24-25,30,37H,6-7,14,16H2,1-5H3,(H,35,39)(H,36,42). The molecule has 5 bridgehead atoms. The summed E-state index contributed by atoms with van der Waals surface area (Å²) in [6.07, 6.45) is 3.54. The summed E-state index contributed by atoms with van der Waals surface area (Å²) in [6.45, 7) is 4.63. The van der Waals surface area contributed by atoms with Crippen LogP contribution in [0.15, 0.2) is 36.4 Å². The van der Waals surface area contributed by atoms with Crippen molar-refractivity contribution in [2.45, 2.75) is 78.3 Å². The minimum Gasteiger partial charge on any atom is -0.455 e. The summed E-state index contributed by atoms with van der Waals surface area (Å²) in [5.41, 5.74) is 3.73. The van der Waals surface area contributed by atoms with Gasteiger partial charge >= 0.3 is 12.6 Å². The maximum Gasteiger partial charge on any atom is 0.345 e. The zero-order chi connectivity index (χ0) is 32.2. The van der Waals surface area contributed by atoms with Crippen LogP contribution in [0.5, 0.6) is 0 Å². The highest BCUT2D eigenvalue weighted by Crippen LogP contribution is 2.25. The minimum atomic E-state index is -3.19. The number of esters is 1. The van der Waals surface area contributed by atoms with Gasteiger partial charge in [0.15, 0.2) is 0 Å². The third-order valence-electron chi connectivity index (χ3n) is 7.70. The van der Waals surface area contributed by atoms with Crippen LogP contribution in [0.1, 0.15) is 64.8 Å². The number of halogens is 2. The molecule has 1 aromatic heterocycles. The zero-order valence-electron chi connectivity index (χ0n) is 25.4. The molecule has 2 aliphatic heterocycles. The van der Waals surface area contributed by atoms with E-state index in [1.165, 1.54) is 0 Å². The summed E-state index contributed by atoms with van der Waals surface area (Å²) in [7, 11) is 0. The third kappa shape index (κ3) is 7.94. The van der Waals surface area contributed by atoms with Crippen LogP contribution in [-0.4, -0.2) is 71.6 Å². The number of benzene rings is 1. The number of rotatable bonds is 4. The van der Waals surface area contributed by atoms with E-state index in [2.05, 4.69) is 20.8 Å². The van der Waals surface area contributed by atoms with Gasteiger partial charge in [0, 0.05) is 11.9 Å². The Kier molecular flexibility index (Phi) is 10.3. The summed E-state index contributed by atoms with van der Waals surface area (Å²) in [6, 6.07) is 5.76. The zero-order valence-corrected chi connectivity index (χ0v) is 25.4. The summed E-state index contributed by atoms with van der Waals surface area (Å²) < 4.78 is 36.1. The molecule has 2 aromatic rings. The van der Waals surface area contributed by atoms with E-state index in [0.717, 1.165) is 16.0 Å². The number of hydrazine groups is 1. The lowest BCUT2D eigenvalue weighted by Gasteiger charge is -2.35. The largest absolute Gasteiger partial charge is 0.455 e. The Morgan fingerprint density at radius 2 is 1.84 bits per heavy atom. The number of carbonyl (C=O) groups is 4. The molecule has 4 atom stereocenters. The van der Waals surface area contributed by atoms with Crippen molar-refractivity contribution in [3.05, 3.63) is 47.7 Å². The van der Waals surface area contributed by atoms with Gasteiger partial charge in [0.2, 0.25) is 11.8 Å². The van der Waals surface area contributed by atoms with Crippen molar-refractivity contribution in [2.24, 2.45) is 11.3 Å². The lowest BCUT2D eigenvalue weighted by Crippen LogP contribution is -2.62. The fraction of sp³-hybridized carbons (Fsp3) is 0.516. The lowest BCUT2D eigenvalue weighted by atomic mass is 9.89. The van der Waals surface area contributed by atoms with Crippen molar-refractivity contribution < 1.29 is 37.4 Å². The molecule has 0 saturated carbocycles. The lowest BCUT2D eigenvalue weighted by molar-refractivity contribution is -0.161. The second kappa shape index (κ2) is 13.8. The van der Waals surface area contributed by atoms with E-state index < -0.39 is 72.5 Å². The van der Waals surface area contributed by atoms with E-state index in [1.807, 2.05) is 24.3 Å². The number of nitrogens with one attached hydrogen (secondary N) is 3. The number of carbonyl (C=O) groups excluding carboxylic acids is 4. The number of nitrogens with zero attached hydrogens (tertiary/aromatic N) is 2. The van der Waals surface area contributed by atoms with Crippen molar-refractivity contribution in [1.82, 2.24) is 26.1 Å². The van der Waals surface area contributed by atoms with Crippen molar-refractivity contribution in [1.29, 1.82) is 0 Å². The number of ether oxygens (including phenoxy) is 2. The number of hydrogen-bond donors (Lipinski definition) is 3. The molecule has 2 aliphatic rings. The van der Waals surface area contributed by atoms with Gasteiger partial charge in [-0.15, -0.1) is 0 Å². The van der Waals surface area contributed by atoms with Crippen LogP contribution in [-0.2, 0) is 28.7 Å². The van der Waals surface area contributed by atoms with E-state index >= 15 is 0 Å². The fourth-order valence-corrected chi connectivity index (χ4v) is 4.95. The molecule has 3 amide bonds. The average molecular weight is 616 g/mol. The first-order valence-electron chi connectivity index (χ1n) is 14.6. The van der Waals surface area contributed by atoms with Gasteiger partial charge in [0.25, 0.3) is 5.91 Å². The second-order valence-corrected chi connectivity index (χ2v) is 12.0. The van der Waals surface area contributed by atoms with Crippen LogP contribution in [0.2, 0.25) is 0 Å². The summed E-state index contributed by atoms with van der Waals surface area (Å²) >= 11 is 0. The first-order chi connectivity index (χ1) is 20.7. The van der Waals surface area contributed by atoms with Gasteiger partial charge < -0.3 is 20.1 Å². The highest BCUT2D eigenvalue weighted by molar-refractivity contribution is 5.94. The Morgan fingerprint density at radius 3 is 2.55 bits per heavy atom. The second-order valence-electron chi connectivity index (χ2n) is 12.0. The van der Waals surface area contributed by atoms with Gasteiger partial charge in [-0.1, -0.05) is 44.2 Å². The molecule has 3 heterocycles. The van der Waals surface area contributed by atoms with E-state index in [4.69, 9.17) is 9.72 Å². The van der Waals surface area contributed by atoms with Crippen molar-refractivity contribution in [3.63, 3.8) is 0 Å². The quantitative estimate of drug-likeness (QED) is 0.446. The normalized spacial score (nSPS) is 25.2. The molecular formula is C31H39F2N5O6. The number of amides is 3. The molecule has 0 radical (unpaired) electrons. The molecule has 3 N–H and O–H groups in total. The molecule has 11 nitrogen and oxygen atoms in total. The Hall–Kier alpha value is -3.97. The first-order valence-corrected chi connectivity index (χ1v) is 14.6. The van der Waals surface area contributed by atoms with Crippen molar-refractivity contribution >= 4 is 40.7 Å². The van der Waals surface area contributed by atoms with E-state index in [1.54, 1.807) is 52.8 Å². The Bertz CT molecular complexity index is 1430. The van der Waals surface area contributed by atoms with E-state index in [9.17, 15) is 28.0 Å². The SMILES string of the molecule is CC1OC(=O)C2CCCN(N2)C(=O)C(COC(F)F)NC(=O)C(C(C)C)NC(=O)C(C)(C)C=Cc2ccc3ccc1nc3c2. The molecule has 238 valence electrons. The third-order valence-corrected chi connectivity index (χ3v) is 7.70. The monoisotopic (exact) mass is 615 g/mol. The summed E-state index contributed by atoms with van der Waals surface area (Å²) in [5.74, 6) is -3.01. The van der Waals surface area contributed by atoms with E-state index in [0.29, 0.717) is 24.1 Å². The molecule has 4 unspecified atom stereocenters. The van der Waals surface area contributed by atoms with Gasteiger partial charge in [-0.05, 0) is 57.2 Å². The molecule has 44 heavy (non-hydrogen) atoms. The minimum absolute atomic E-state index is 0.151. The van der Waals surface area contributed by atoms with Crippen LogP contribution in [0, 0.1) is 11.3 Å². The summed E-state index contributed by atoms with van der Waals surface area (Å²) in [4.78, 5) is 58.1. The number of fused-ring (bicyclic) bond motifs is 4. The van der Waals surface area contributed by atoms with E-state index in [-0.39, 0.29) is 6.54 Å². The fourth-order valence-electron chi connectivity index (χ4n) is 4.95. The van der Waals surface area contributed by atoms with Crippen LogP contribution in [0.4, 0.5) is 8.78 Å². The summed E-state index contributed by atoms with van der Waals surface area (Å²) in [5, 5.41) is 7.21. The maximum absolute atomic E-state index is 13.5. The van der Waals surface area contributed by atoms with Gasteiger partial charge in [-0.2, -0.15) is 8.78 Å². The Labute approximate surface area is 254 Å². The number of pyridine rings is 1. The van der Waals surface area contributed by atoms with Gasteiger partial charge in [-0.25, -0.2) is 10.4 Å². The molecule has 0 spiro atoms.